The molecule has 1 aromatic heterocycles. The summed E-state index contributed by atoms with van der Waals surface area (Å²) in [6, 6.07) is 8.29. The second kappa shape index (κ2) is 6.06. The summed E-state index contributed by atoms with van der Waals surface area (Å²) in [5.41, 5.74) is 2.06. The molecule has 0 spiro atoms. The fraction of sp³-hybridized carbons (Fsp3) is 0.500. The molecule has 2 rings (SSSR count). The third kappa shape index (κ3) is 3.18. The third-order valence-electron chi connectivity index (χ3n) is 3.24. The first kappa shape index (κ1) is 14.5. The van der Waals surface area contributed by atoms with Crippen LogP contribution in [0.3, 0.4) is 0 Å². The van der Waals surface area contributed by atoms with Gasteiger partial charge in [0.05, 0.1) is 16.4 Å². The van der Waals surface area contributed by atoms with E-state index >= 15 is 0 Å². The average molecular weight is 299 g/mol. The van der Waals surface area contributed by atoms with Crippen LogP contribution in [0.25, 0.3) is 11.0 Å². The van der Waals surface area contributed by atoms with Gasteiger partial charge in [0.1, 0.15) is 5.82 Å². The van der Waals surface area contributed by atoms with E-state index in [2.05, 4.69) is 22.5 Å². The van der Waals surface area contributed by atoms with Gasteiger partial charge in [0, 0.05) is 28.9 Å². The molecule has 104 valence electrons. The molecule has 3 nitrogen and oxygen atoms in total. The van der Waals surface area contributed by atoms with E-state index in [1.54, 1.807) is 6.26 Å². The fourth-order valence-corrected chi connectivity index (χ4v) is 3.10. The second-order valence-corrected chi connectivity index (χ2v) is 7.07. The lowest BCUT2D eigenvalue weighted by molar-refractivity contribution is 0.523. The lowest BCUT2D eigenvalue weighted by atomic mass is 10.2. The summed E-state index contributed by atoms with van der Waals surface area (Å²) in [5.74, 6) is 1.58. The van der Waals surface area contributed by atoms with Gasteiger partial charge in [-0.3, -0.25) is 4.21 Å². The van der Waals surface area contributed by atoms with E-state index in [0.29, 0.717) is 5.75 Å². The molecular formula is C14H19ClN2OS. The van der Waals surface area contributed by atoms with Crippen LogP contribution in [0, 0.1) is 0 Å². The summed E-state index contributed by atoms with van der Waals surface area (Å²) in [6.45, 7) is 4.06. The molecular weight excluding hydrogens is 280 g/mol. The van der Waals surface area contributed by atoms with Crippen molar-refractivity contribution in [3.63, 3.8) is 0 Å². The van der Waals surface area contributed by atoms with Crippen LogP contribution >= 0.6 is 11.6 Å². The average Bonchev–Trinajstić information content (AvgIpc) is 2.75. The number of alkyl halides is 1. The zero-order valence-corrected chi connectivity index (χ0v) is 13.0. The van der Waals surface area contributed by atoms with Crippen molar-refractivity contribution in [1.29, 1.82) is 0 Å². The molecule has 0 N–H and O–H groups in total. The highest BCUT2D eigenvalue weighted by molar-refractivity contribution is 7.84. The van der Waals surface area contributed by atoms with Gasteiger partial charge in [-0.05, 0) is 32.4 Å². The molecule has 19 heavy (non-hydrogen) atoms. The number of rotatable bonds is 5. The largest absolute Gasteiger partial charge is 0.324 e. The lowest BCUT2D eigenvalue weighted by Crippen LogP contribution is -2.12. The molecule has 3 atom stereocenters. The predicted octanol–water partition coefficient (Wildman–Crippen LogP) is 3.67. The van der Waals surface area contributed by atoms with Gasteiger partial charge < -0.3 is 4.57 Å². The van der Waals surface area contributed by atoms with Gasteiger partial charge in [0.15, 0.2) is 0 Å². The topological polar surface area (TPSA) is 34.9 Å². The Morgan fingerprint density at radius 3 is 2.68 bits per heavy atom. The number of hydrogen-bond acceptors (Lipinski definition) is 2. The summed E-state index contributed by atoms with van der Waals surface area (Å²) in [7, 11) is -0.766. The highest BCUT2D eigenvalue weighted by Gasteiger charge is 2.18. The van der Waals surface area contributed by atoms with E-state index in [-0.39, 0.29) is 11.4 Å². The zero-order valence-electron chi connectivity index (χ0n) is 11.5. The van der Waals surface area contributed by atoms with Crippen LogP contribution in [0.5, 0.6) is 0 Å². The summed E-state index contributed by atoms with van der Waals surface area (Å²) in [6.07, 6.45) is 2.60. The molecule has 0 aliphatic heterocycles. The van der Waals surface area contributed by atoms with Crippen LogP contribution in [-0.2, 0) is 10.8 Å². The van der Waals surface area contributed by atoms with E-state index in [4.69, 9.17) is 11.6 Å². The Labute approximate surface area is 121 Å². The zero-order chi connectivity index (χ0) is 14.0. The molecule has 0 bridgehead atoms. The number of para-hydroxylation sites is 2. The Kier molecular flexibility index (Phi) is 4.63. The van der Waals surface area contributed by atoms with Gasteiger partial charge in [-0.2, -0.15) is 0 Å². The van der Waals surface area contributed by atoms with E-state index in [9.17, 15) is 4.21 Å². The molecule has 0 aliphatic rings. The van der Waals surface area contributed by atoms with Gasteiger partial charge in [0.2, 0.25) is 0 Å². The molecule has 0 amide bonds. The molecule has 1 aromatic carbocycles. The molecule has 1 heterocycles. The van der Waals surface area contributed by atoms with Crippen molar-refractivity contribution in [3.8, 4) is 0 Å². The molecule has 0 radical (unpaired) electrons. The fourth-order valence-electron chi connectivity index (χ4n) is 2.27. The maximum absolute atomic E-state index is 11.3. The Morgan fingerprint density at radius 2 is 2.05 bits per heavy atom. The maximum atomic E-state index is 11.3. The van der Waals surface area contributed by atoms with E-state index in [1.165, 1.54) is 0 Å². The molecule has 0 fully saturated rings. The number of benzene rings is 1. The number of imidazole rings is 1. The standard InChI is InChI=1S/C14H19ClN2OS/c1-10(8-9-19(3)18)17-13-7-5-4-6-12(13)16-14(17)11(2)15/h4-7,10-11H,8-9H2,1-3H3. The monoisotopic (exact) mass is 298 g/mol. The highest BCUT2D eigenvalue weighted by Crippen LogP contribution is 2.29. The Bertz CT molecular complexity index is 594. The Balaban J connectivity index is 2.43. The molecule has 3 unspecified atom stereocenters. The third-order valence-corrected chi connectivity index (χ3v) is 4.25. The molecule has 0 aliphatic carbocycles. The van der Waals surface area contributed by atoms with Crippen LogP contribution in [0.15, 0.2) is 24.3 Å². The number of fused-ring (bicyclic) bond motifs is 1. The van der Waals surface area contributed by atoms with Gasteiger partial charge in [-0.15, -0.1) is 11.6 Å². The first-order valence-corrected chi connectivity index (χ1v) is 8.58. The van der Waals surface area contributed by atoms with Gasteiger partial charge in [-0.25, -0.2) is 4.98 Å². The molecule has 0 saturated heterocycles. The lowest BCUT2D eigenvalue weighted by Gasteiger charge is -2.18. The van der Waals surface area contributed by atoms with Crippen molar-refractivity contribution >= 4 is 33.4 Å². The van der Waals surface area contributed by atoms with E-state index in [1.807, 2.05) is 25.1 Å². The van der Waals surface area contributed by atoms with Crippen molar-refractivity contribution < 1.29 is 4.21 Å². The van der Waals surface area contributed by atoms with Crippen molar-refractivity contribution in [3.05, 3.63) is 30.1 Å². The van der Waals surface area contributed by atoms with Crippen molar-refractivity contribution in [2.45, 2.75) is 31.7 Å². The predicted molar refractivity (Wildman–Crippen MR) is 82.3 cm³/mol. The van der Waals surface area contributed by atoms with Gasteiger partial charge >= 0.3 is 0 Å². The Morgan fingerprint density at radius 1 is 1.37 bits per heavy atom. The number of hydrogen-bond donors (Lipinski definition) is 0. The van der Waals surface area contributed by atoms with Gasteiger partial charge in [0.25, 0.3) is 0 Å². The number of halogens is 1. The highest BCUT2D eigenvalue weighted by atomic mass is 35.5. The SMILES string of the molecule is CC(Cl)c1nc2ccccc2n1C(C)CCS(C)=O. The van der Waals surface area contributed by atoms with Gasteiger partial charge in [-0.1, -0.05) is 12.1 Å². The number of nitrogens with zero attached hydrogens (tertiary/aromatic N) is 2. The van der Waals surface area contributed by atoms with Crippen LogP contribution < -0.4 is 0 Å². The summed E-state index contributed by atoms with van der Waals surface area (Å²) in [5, 5.41) is -0.137. The van der Waals surface area contributed by atoms with Crippen LogP contribution in [-0.4, -0.2) is 25.8 Å². The van der Waals surface area contributed by atoms with Crippen LogP contribution in [0.2, 0.25) is 0 Å². The molecule has 2 aromatic rings. The smallest absolute Gasteiger partial charge is 0.127 e. The summed E-state index contributed by atoms with van der Waals surface area (Å²) in [4.78, 5) is 4.62. The Hall–Kier alpha value is -0.870. The van der Waals surface area contributed by atoms with Crippen molar-refractivity contribution in [2.75, 3.05) is 12.0 Å². The number of aromatic nitrogens is 2. The summed E-state index contributed by atoms with van der Waals surface area (Å²) < 4.78 is 13.4. The maximum Gasteiger partial charge on any atom is 0.127 e. The van der Waals surface area contributed by atoms with Crippen molar-refractivity contribution in [1.82, 2.24) is 9.55 Å². The minimum absolute atomic E-state index is 0.137. The minimum Gasteiger partial charge on any atom is -0.324 e. The summed E-state index contributed by atoms with van der Waals surface area (Å²) >= 11 is 6.24. The molecule has 0 saturated carbocycles. The van der Waals surface area contributed by atoms with E-state index < -0.39 is 10.8 Å². The second-order valence-electron chi connectivity index (χ2n) is 4.86. The normalized spacial score (nSPS) is 16.4. The van der Waals surface area contributed by atoms with Crippen molar-refractivity contribution in [2.24, 2.45) is 0 Å². The minimum atomic E-state index is -0.766. The van der Waals surface area contributed by atoms with E-state index in [0.717, 1.165) is 23.3 Å². The van der Waals surface area contributed by atoms with Crippen LogP contribution in [0.1, 0.15) is 37.5 Å². The first-order chi connectivity index (χ1) is 9.00. The quantitative estimate of drug-likeness (QED) is 0.790. The molecule has 5 heteroatoms. The van der Waals surface area contributed by atoms with Crippen LogP contribution in [0.4, 0.5) is 0 Å². The first-order valence-electron chi connectivity index (χ1n) is 6.41.